The smallest absolute Gasteiger partial charge is 0.338 e. The first-order valence-corrected chi connectivity index (χ1v) is 12.8. The summed E-state index contributed by atoms with van der Waals surface area (Å²) in [5.74, 6) is -1.39. The molecule has 1 saturated heterocycles. The maximum Gasteiger partial charge on any atom is 0.338 e. The van der Waals surface area contributed by atoms with Gasteiger partial charge in [0.25, 0.3) is 0 Å². The Labute approximate surface area is 207 Å². The Hall–Kier alpha value is -0.890. The number of aliphatic hydroxyl groups excluding tert-OH is 7. The number of carbonyl (C=O) groups is 1. The monoisotopic (exact) mass is 510 g/mol. The fourth-order valence-electron chi connectivity index (χ4n) is 4.03. The molecular formula is C24H46O11. The summed E-state index contributed by atoms with van der Waals surface area (Å²) in [5, 5.41) is 68.8. The Kier molecular flexibility index (Phi) is 16.1. The van der Waals surface area contributed by atoms with Gasteiger partial charge in [-0.1, -0.05) is 58.3 Å². The van der Waals surface area contributed by atoms with Gasteiger partial charge in [0.05, 0.1) is 18.8 Å². The molecular weight excluding hydrogens is 464 g/mol. The summed E-state index contributed by atoms with van der Waals surface area (Å²) in [6, 6.07) is 0. The van der Waals surface area contributed by atoms with Crippen molar-refractivity contribution >= 4 is 5.97 Å². The fraction of sp³-hybridized carbons (Fsp3) is 0.958. The highest BCUT2D eigenvalue weighted by atomic mass is 16.7. The Balaban J connectivity index is 2.53. The third-order valence-corrected chi connectivity index (χ3v) is 6.29. The lowest BCUT2D eigenvalue weighted by atomic mass is 9.98. The molecule has 7 N–H and O–H groups in total. The molecule has 1 rings (SSSR count). The second-order valence-corrected chi connectivity index (χ2v) is 9.33. The molecule has 0 aromatic rings. The molecule has 0 aromatic heterocycles. The van der Waals surface area contributed by atoms with Crippen molar-refractivity contribution in [1.29, 1.82) is 0 Å². The van der Waals surface area contributed by atoms with E-state index < -0.39 is 68.2 Å². The van der Waals surface area contributed by atoms with Crippen molar-refractivity contribution < 1.29 is 54.8 Å². The van der Waals surface area contributed by atoms with Crippen LogP contribution in [-0.2, 0) is 19.0 Å². The summed E-state index contributed by atoms with van der Waals surface area (Å²) in [6.45, 7) is 2.85. The van der Waals surface area contributed by atoms with Gasteiger partial charge in [-0.3, -0.25) is 0 Å². The average molecular weight is 511 g/mol. The average Bonchev–Trinajstić information content (AvgIpc) is 2.84. The van der Waals surface area contributed by atoms with Crippen molar-refractivity contribution in [1.82, 2.24) is 0 Å². The highest BCUT2D eigenvalue weighted by molar-refractivity contribution is 5.75. The minimum atomic E-state index is -2.18. The zero-order valence-corrected chi connectivity index (χ0v) is 20.9. The molecule has 1 aliphatic rings. The van der Waals surface area contributed by atoms with Crippen LogP contribution in [0, 0.1) is 0 Å². The molecule has 0 spiro atoms. The van der Waals surface area contributed by atoms with E-state index in [1.54, 1.807) is 0 Å². The van der Waals surface area contributed by atoms with Crippen molar-refractivity contribution in [2.45, 2.75) is 133 Å². The highest BCUT2D eigenvalue weighted by Crippen LogP contribution is 2.26. The first kappa shape index (κ1) is 32.1. The van der Waals surface area contributed by atoms with E-state index in [9.17, 15) is 35.4 Å². The number of unbranched alkanes of at least 4 members (excludes halogenated alkanes) is 7. The molecule has 9 unspecified atom stereocenters. The molecule has 208 valence electrons. The molecule has 0 amide bonds. The van der Waals surface area contributed by atoms with Gasteiger partial charge in [0.1, 0.15) is 24.4 Å². The third-order valence-electron chi connectivity index (χ3n) is 6.29. The zero-order valence-electron chi connectivity index (χ0n) is 20.9. The van der Waals surface area contributed by atoms with Crippen molar-refractivity contribution in [3.8, 4) is 0 Å². The Bertz CT molecular complexity index is 562. The van der Waals surface area contributed by atoms with Crippen molar-refractivity contribution in [3.63, 3.8) is 0 Å². The molecule has 11 heteroatoms. The number of carbonyl (C=O) groups excluding carboxylic acids is 1. The summed E-state index contributed by atoms with van der Waals surface area (Å²) < 4.78 is 16.3. The van der Waals surface area contributed by atoms with E-state index in [2.05, 4.69) is 6.92 Å². The lowest BCUT2D eigenvalue weighted by Crippen LogP contribution is -2.61. The van der Waals surface area contributed by atoms with E-state index in [4.69, 9.17) is 19.3 Å². The van der Waals surface area contributed by atoms with E-state index in [-0.39, 0.29) is 12.5 Å². The normalized spacial score (nSPS) is 28.3. The van der Waals surface area contributed by atoms with E-state index in [1.807, 2.05) is 6.92 Å². The lowest BCUT2D eigenvalue weighted by Gasteiger charge is -2.42. The molecule has 1 heterocycles. The van der Waals surface area contributed by atoms with Crippen LogP contribution in [-0.4, -0.2) is 110 Å². The second-order valence-electron chi connectivity index (χ2n) is 9.33. The van der Waals surface area contributed by atoms with Crippen LogP contribution in [0.2, 0.25) is 0 Å². The molecule has 0 saturated carbocycles. The van der Waals surface area contributed by atoms with Gasteiger partial charge in [-0.25, -0.2) is 4.79 Å². The molecule has 9 atom stereocenters. The predicted molar refractivity (Wildman–Crippen MR) is 125 cm³/mol. The number of ether oxygens (including phenoxy) is 3. The number of hydrogen-bond donors (Lipinski definition) is 7. The predicted octanol–water partition coefficient (Wildman–Crippen LogP) is -0.262. The van der Waals surface area contributed by atoms with Crippen LogP contribution in [0.5, 0.6) is 0 Å². The molecule has 0 radical (unpaired) electrons. The standard InChI is InChI=1S/C24H46O11/c1-3-4-5-6-7-8-9-10-11-15(2)33-24-21(31)19(29)22(17(14-26)34-24)35-23(32)20(30)18(28)16(27)12-13-25/h15-22,24-31H,3-14H2,1-2H3. The van der Waals surface area contributed by atoms with Crippen LogP contribution in [0.4, 0.5) is 0 Å². The van der Waals surface area contributed by atoms with E-state index in [0.29, 0.717) is 0 Å². The first-order valence-electron chi connectivity index (χ1n) is 12.8. The summed E-state index contributed by atoms with van der Waals surface area (Å²) in [4.78, 5) is 12.2. The molecule has 1 fully saturated rings. The number of rotatable bonds is 18. The number of esters is 1. The maximum atomic E-state index is 12.2. The molecule has 0 aromatic carbocycles. The van der Waals surface area contributed by atoms with Gasteiger partial charge >= 0.3 is 5.97 Å². The fourth-order valence-corrected chi connectivity index (χ4v) is 4.03. The highest BCUT2D eigenvalue weighted by Gasteiger charge is 2.48. The minimum absolute atomic E-state index is 0.283. The van der Waals surface area contributed by atoms with Crippen LogP contribution >= 0.6 is 0 Å². The molecule has 11 nitrogen and oxygen atoms in total. The van der Waals surface area contributed by atoms with Gasteiger partial charge in [-0.2, -0.15) is 0 Å². The van der Waals surface area contributed by atoms with Crippen LogP contribution in [0.1, 0.15) is 78.1 Å². The summed E-state index contributed by atoms with van der Waals surface area (Å²) in [7, 11) is 0. The van der Waals surface area contributed by atoms with Crippen LogP contribution in [0.15, 0.2) is 0 Å². The zero-order chi connectivity index (χ0) is 26.4. The summed E-state index contributed by atoms with van der Waals surface area (Å²) in [5.41, 5.74) is 0. The Morgan fingerprint density at radius 3 is 2.09 bits per heavy atom. The number of aliphatic hydroxyl groups is 7. The minimum Gasteiger partial charge on any atom is -0.455 e. The lowest BCUT2D eigenvalue weighted by molar-refractivity contribution is -0.313. The topological polar surface area (TPSA) is 186 Å². The second kappa shape index (κ2) is 17.5. The van der Waals surface area contributed by atoms with Gasteiger partial charge < -0.3 is 50.0 Å². The van der Waals surface area contributed by atoms with Gasteiger partial charge in [-0.15, -0.1) is 0 Å². The van der Waals surface area contributed by atoms with Gasteiger partial charge in [-0.05, 0) is 19.8 Å². The van der Waals surface area contributed by atoms with Gasteiger partial charge in [0.2, 0.25) is 0 Å². The molecule has 0 aliphatic carbocycles. The number of hydrogen-bond acceptors (Lipinski definition) is 11. The van der Waals surface area contributed by atoms with Crippen LogP contribution in [0.25, 0.3) is 0 Å². The SMILES string of the molecule is CCCCCCCCCCC(C)OC1OC(CO)C(OC(=O)C(O)C(O)C(O)CCO)C(O)C1O. The molecule has 1 aliphatic heterocycles. The van der Waals surface area contributed by atoms with E-state index >= 15 is 0 Å². The van der Waals surface area contributed by atoms with Crippen molar-refractivity contribution in [2.75, 3.05) is 13.2 Å². The molecule has 0 bridgehead atoms. The largest absolute Gasteiger partial charge is 0.455 e. The maximum absolute atomic E-state index is 12.2. The Morgan fingerprint density at radius 1 is 0.914 bits per heavy atom. The Morgan fingerprint density at radius 2 is 1.51 bits per heavy atom. The molecule has 35 heavy (non-hydrogen) atoms. The van der Waals surface area contributed by atoms with Gasteiger partial charge in [0, 0.05) is 6.61 Å². The van der Waals surface area contributed by atoms with Crippen LogP contribution in [0.3, 0.4) is 0 Å². The van der Waals surface area contributed by atoms with Crippen LogP contribution < -0.4 is 0 Å². The van der Waals surface area contributed by atoms with Gasteiger partial charge in [0.15, 0.2) is 18.5 Å². The van der Waals surface area contributed by atoms with Crippen molar-refractivity contribution in [3.05, 3.63) is 0 Å². The quantitative estimate of drug-likeness (QED) is 0.0951. The third kappa shape index (κ3) is 10.9. The van der Waals surface area contributed by atoms with E-state index in [0.717, 1.165) is 25.7 Å². The van der Waals surface area contributed by atoms with E-state index in [1.165, 1.54) is 32.1 Å². The first-order chi connectivity index (χ1) is 16.7. The van der Waals surface area contributed by atoms with Crippen molar-refractivity contribution in [2.24, 2.45) is 0 Å². The summed E-state index contributed by atoms with van der Waals surface area (Å²) >= 11 is 0. The summed E-state index contributed by atoms with van der Waals surface area (Å²) in [6.07, 6.45) is -3.57.